The van der Waals surface area contributed by atoms with Gasteiger partial charge in [0.05, 0.1) is 29.9 Å². The van der Waals surface area contributed by atoms with Crippen LogP contribution in [-0.4, -0.2) is 77.3 Å². The number of aliphatic hydroxyl groups excluding tert-OH is 3. The number of rotatable bonds is 16. The van der Waals surface area contributed by atoms with Gasteiger partial charge >= 0.3 is 0 Å². The van der Waals surface area contributed by atoms with Crippen LogP contribution in [0.2, 0.25) is 0 Å². The Morgan fingerprint density at radius 1 is 1.07 bits per heavy atom. The third kappa shape index (κ3) is 9.02. The number of ether oxygens (including phenoxy) is 4. The minimum Gasteiger partial charge on any atom is -0.493 e. The summed E-state index contributed by atoms with van der Waals surface area (Å²) in [7, 11) is 1.48. The average molecular weight is 739 g/mol. The Morgan fingerprint density at radius 3 is 2.58 bits per heavy atom. The van der Waals surface area contributed by atoms with Crippen molar-refractivity contribution in [2.45, 2.75) is 83.3 Å². The largest absolute Gasteiger partial charge is 0.493 e. The first-order valence-corrected chi connectivity index (χ1v) is 16.5. The molecule has 0 spiro atoms. The average Bonchev–Trinajstić information content (AvgIpc) is 3.52. The van der Waals surface area contributed by atoms with Crippen molar-refractivity contribution < 1.29 is 43.9 Å². The van der Waals surface area contributed by atoms with Gasteiger partial charge in [-0.15, -0.1) is 0 Å². The van der Waals surface area contributed by atoms with E-state index in [0.717, 1.165) is 31.2 Å². The smallest absolute Gasteiger partial charge is 0.247 e. The summed E-state index contributed by atoms with van der Waals surface area (Å²) in [5.41, 5.74) is 1.75. The van der Waals surface area contributed by atoms with Crippen LogP contribution >= 0.6 is 22.6 Å². The van der Waals surface area contributed by atoms with Crippen molar-refractivity contribution in [2.75, 3.05) is 27.1 Å². The van der Waals surface area contributed by atoms with Gasteiger partial charge in [-0.25, -0.2) is 0 Å². The molecule has 4 N–H and O–H groups in total. The van der Waals surface area contributed by atoms with Gasteiger partial charge in [0.15, 0.2) is 23.0 Å². The second kappa shape index (κ2) is 17.0. The van der Waals surface area contributed by atoms with E-state index in [9.17, 15) is 24.9 Å². The summed E-state index contributed by atoms with van der Waals surface area (Å²) in [5.74, 6) is 1.36. The summed E-state index contributed by atoms with van der Waals surface area (Å²) in [6, 6.07) is 8.08. The number of amides is 2. The Labute approximate surface area is 277 Å². The third-order valence-corrected chi connectivity index (χ3v) is 8.75. The summed E-state index contributed by atoms with van der Waals surface area (Å²) >= 11 is 2.07. The Balaban J connectivity index is 1.68. The molecular formula is C33H43IN2O9. The molecule has 4 rings (SSSR count). The fourth-order valence-electron chi connectivity index (χ4n) is 5.54. The van der Waals surface area contributed by atoms with E-state index in [2.05, 4.69) is 34.8 Å². The van der Waals surface area contributed by atoms with Gasteiger partial charge in [-0.05, 0) is 70.5 Å². The summed E-state index contributed by atoms with van der Waals surface area (Å²) < 4.78 is 23.6. The van der Waals surface area contributed by atoms with Crippen molar-refractivity contribution in [1.29, 1.82) is 0 Å². The number of fused-ring (bicyclic) bond motifs is 1. The number of hydrogen-bond donors (Lipinski definition) is 4. The van der Waals surface area contributed by atoms with E-state index < -0.39 is 24.2 Å². The number of unbranched alkanes of at least 4 members (excludes halogenated alkanes) is 4. The molecule has 1 aliphatic heterocycles. The monoisotopic (exact) mass is 738 g/mol. The molecule has 0 fully saturated rings. The lowest BCUT2D eigenvalue weighted by atomic mass is 9.87. The van der Waals surface area contributed by atoms with Gasteiger partial charge in [0.2, 0.25) is 18.6 Å². The number of hydrogen-bond acceptors (Lipinski definition) is 9. The number of nitrogens with one attached hydrogen (secondary N) is 1. The number of carbonyl (C=O) groups is 2. The molecule has 11 nitrogen and oxygen atoms in total. The van der Waals surface area contributed by atoms with Gasteiger partial charge in [-0.2, -0.15) is 0 Å². The molecule has 1 aliphatic carbocycles. The molecular weight excluding hydrogens is 695 g/mol. The highest BCUT2D eigenvalue weighted by Crippen LogP contribution is 2.38. The topological polar surface area (TPSA) is 147 Å². The van der Waals surface area contributed by atoms with Crippen molar-refractivity contribution in [3.8, 4) is 23.0 Å². The first kappa shape index (κ1) is 34.8. The van der Waals surface area contributed by atoms with Crippen LogP contribution in [0.15, 0.2) is 42.0 Å². The SMILES string of the molecule is CCCCCCCC(=O)N(Cc1ccc2c(c1)OCO2)C1CC(C(=O)NCCO)=CC(Oc2c(I)cc(CO)cc2OC)C1O. The van der Waals surface area contributed by atoms with Crippen LogP contribution in [0.5, 0.6) is 23.0 Å². The van der Waals surface area contributed by atoms with Gasteiger partial charge < -0.3 is 44.5 Å². The Hall–Kier alpha value is -3.07. The molecule has 0 saturated carbocycles. The lowest BCUT2D eigenvalue weighted by Gasteiger charge is -2.41. The molecule has 2 aliphatic rings. The van der Waals surface area contributed by atoms with Gasteiger partial charge in [0.25, 0.3) is 0 Å². The van der Waals surface area contributed by atoms with Crippen molar-refractivity contribution in [3.05, 3.63) is 56.7 Å². The van der Waals surface area contributed by atoms with Crippen molar-refractivity contribution in [3.63, 3.8) is 0 Å². The molecule has 1 heterocycles. The van der Waals surface area contributed by atoms with Crippen LogP contribution in [0.4, 0.5) is 0 Å². The highest BCUT2D eigenvalue weighted by Gasteiger charge is 2.41. The zero-order valence-corrected chi connectivity index (χ0v) is 28.0. The number of aliphatic hydroxyl groups is 3. The second-order valence-electron chi connectivity index (χ2n) is 11.2. The van der Waals surface area contributed by atoms with E-state index >= 15 is 0 Å². The number of halogens is 1. The third-order valence-electron chi connectivity index (χ3n) is 7.94. The Kier molecular flexibility index (Phi) is 13.2. The molecule has 2 aromatic carbocycles. The normalized spacial score (nSPS) is 18.7. The van der Waals surface area contributed by atoms with Crippen LogP contribution < -0.4 is 24.3 Å². The van der Waals surface area contributed by atoms with E-state index in [1.807, 2.05) is 12.1 Å². The zero-order valence-electron chi connectivity index (χ0n) is 25.8. The highest BCUT2D eigenvalue weighted by atomic mass is 127. The van der Waals surface area contributed by atoms with Crippen LogP contribution in [0.1, 0.15) is 63.0 Å². The molecule has 0 radical (unpaired) electrons. The Bertz CT molecular complexity index is 1350. The number of carbonyl (C=O) groups excluding carboxylic acids is 2. The van der Waals surface area contributed by atoms with Crippen molar-refractivity contribution in [1.82, 2.24) is 10.2 Å². The predicted octanol–water partition coefficient (Wildman–Crippen LogP) is 3.83. The van der Waals surface area contributed by atoms with E-state index in [1.54, 1.807) is 29.2 Å². The van der Waals surface area contributed by atoms with Crippen molar-refractivity contribution in [2.24, 2.45) is 0 Å². The summed E-state index contributed by atoms with van der Waals surface area (Å²) in [4.78, 5) is 28.8. The van der Waals surface area contributed by atoms with Gasteiger partial charge in [-0.3, -0.25) is 9.59 Å². The number of methoxy groups -OCH3 is 1. The fraction of sp³-hybridized carbons (Fsp3) is 0.515. The van der Waals surface area contributed by atoms with Crippen LogP contribution in [0, 0.1) is 3.57 Å². The first-order chi connectivity index (χ1) is 21.8. The van der Waals surface area contributed by atoms with Crippen LogP contribution in [0.3, 0.4) is 0 Å². The van der Waals surface area contributed by atoms with Gasteiger partial charge in [-0.1, -0.05) is 38.7 Å². The summed E-state index contributed by atoms with van der Waals surface area (Å²) in [6.45, 7) is 2.08. The fourth-order valence-corrected chi connectivity index (χ4v) is 6.34. The maximum atomic E-state index is 13.9. The number of benzene rings is 2. The van der Waals surface area contributed by atoms with Crippen molar-refractivity contribution >= 4 is 34.4 Å². The molecule has 3 atom stereocenters. The molecule has 2 aromatic rings. The molecule has 2 amide bonds. The maximum Gasteiger partial charge on any atom is 0.247 e. The molecule has 0 aromatic heterocycles. The second-order valence-corrected chi connectivity index (χ2v) is 12.3. The highest BCUT2D eigenvalue weighted by molar-refractivity contribution is 14.1. The van der Waals surface area contributed by atoms with E-state index in [4.69, 9.17) is 18.9 Å². The molecule has 45 heavy (non-hydrogen) atoms. The van der Waals surface area contributed by atoms with E-state index in [1.165, 1.54) is 7.11 Å². The van der Waals surface area contributed by atoms with Gasteiger partial charge in [0.1, 0.15) is 12.2 Å². The predicted molar refractivity (Wildman–Crippen MR) is 175 cm³/mol. The molecule has 12 heteroatoms. The molecule has 0 bridgehead atoms. The summed E-state index contributed by atoms with van der Waals surface area (Å²) in [6.07, 6.45) is 4.62. The summed E-state index contributed by atoms with van der Waals surface area (Å²) in [5, 5.41) is 33.5. The Morgan fingerprint density at radius 2 is 1.84 bits per heavy atom. The molecule has 0 saturated heterocycles. The molecule has 3 unspecified atom stereocenters. The van der Waals surface area contributed by atoms with E-state index in [-0.39, 0.29) is 45.4 Å². The quantitative estimate of drug-likeness (QED) is 0.149. The zero-order chi connectivity index (χ0) is 32.3. The minimum atomic E-state index is -1.20. The minimum absolute atomic E-state index is 0.0564. The standard InChI is InChI=1S/C33H43IN2O9/c1-3-4-5-6-7-8-30(39)36(18-21-9-10-26-27(14-21)44-20-43-26)25-16-23(33(41)35-11-12-37)17-28(31(25)40)45-32-24(34)13-22(19-38)15-29(32)42-2/h9-10,13-15,17,25,28,31,37-38,40H,3-8,11-12,16,18-20H2,1-2H3,(H,35,41). The van der Waals surface area contributed by atoms with E-state index in [0.29, 0.717) is 50.5 Å². The van der Waals surface area contributed by atoms with Crippen LogP contribution in [0.25, 0.3) is 0 Å². The maximum absolute atomic E-state index is 13.9. The first-order valence-electron chi connectivity index (χ1n) is 15.4. The number of nitrogens with zero attached hydrogens (tertiary/aromatic N) is 1. The van der Waals surface area contributed by atoms with Gasteiger partial charge in [0, 0.05) is 31.5 Å². The lowest BCUT2D eigenvalue weighted by molar-refractivity contribution is -0.139. The lowest BCUT2D eigenvalue weighted by Crippen LogP contribution is -2.54. The van der Waals surface area contributed by atoms with Crippen LogP contribution in [-0.2, 0) is 22.7 Å². The molecule has 246 valence electrons.